The van der Waals surface area contributed by atoms with Crippen molar-refractivity contribution in [2.45, 2.75) is 0 Å². The van der Waals surface area contributed by atoms with E-state index in [4.69, 9.17) is 0 Å². The summed E-state index contributed by atoms with van der Waals surface area (Å²) >= 11 is 0. The summed E-state index contributed by atoms with van der Waals surface area (Å²) in [6.45, 7) is 0. The quantitative estimate of drug-likeness (QED) is 0.480. The van der Waals surface area contributed by atoms with Crippen LogP contribution >= 0.6 is 0 Å². The van der Waals surface area contributed by atoms with Gasteiger partial charge in [0, 0.05) is 42.7 Å². The fraction of sp³-hybridized carbons (Fsp3) is 1.00. The molecule has 0 fully saturated rings. The van der Waals surface area contributed by atoms with Gasteiger partial charge < -0.3 is 36.1 Å². The van der Waals surface area contributed by atoms with Gasteiger partial charge >= 0.3 is 41.1 Å². The zero-order valence-corrected chi connectivity index (χ0v) is 14.4. The molecule has 0 aliphatic carbocycles. The average Bonchev–Trinajstić information content (AvgIpc) is 2.37. The molecule has 0 saturated heterocycles. The van der Waals surface area contributed by atoms with E-state index in [1.54, 1.807) is 0 Å². The van der Waals surface area contributed by atoms with E-state index in [-0.39, 0.29) is 23.1 Å². The van der Waals surface area contributed by atoms with E-state index in [1.807, 2.05) is 0 Å². The van der Waals surface area contributed by atoms with Gasteiger partial charge in [-0.3, -0.25) is 0 Å². The Balaban J connectivity index is -0.000000218. The fourth-order valence-electron chi connectivity index (χ4n) is 0.500. The molecule has 0 radical (unpaired) electrons. The number of rotatable bonds is 6. The second-order valence-electron chi connectivity index (χ2n) is 2.22. The van der Waals surface area contributed by atoms with E-state index in [0.717, 1.165) is 0 Å². The van der Waals surface area contributed by atoms with Crippen LogP contribution in [0.25, 0.3) is 0 Å². The van der Waals surface area contributed by atoms with Crippen molar-refractivity contribution < 1.29 is 36.1 Å². The molecule has 0 saturated carbocycles. The van der Waals surface area contributed by atoms with Gasteiger partial charge in [0.25, 0.3) is 0 Å². The third kappa shape index (κ3) is 10.5. The van der Waals surface area contributed by atoms with Crippen molar-refractivity contribution in [3.8, 4) is 0 Å². The normalized spacial score (nSPS) is 11.3. The third-order valence-electron chi connectivity index (χ3n) is 1.50. The Kier molecular flexibility index (Phi) is 16.2. The molecule has 0 aromatic carbocycles. The van der Waals surface area contributed by atoms with Gasteiger partial charge in [0.05, 0.1) is 0 Å². The average molecular weight is 299 g/mol. The molecule has 0 amide bonds. The Morgan fingerprint density at radius 2 is 0.647 bits per heavy atom. The molecule has 0 bridgehead atoms. The van der Waals surface area contributed by atoms with Gasteiger partial charge in [-0.05, 0) is 0 Å². The summed E-state index contributed by atoms with van der Waals surface area (Å²) in [5.41, 5.74) is 0. The zero-order chi connectivity index (χ0) is 13.2. The maximum absolute atomic E-state index is 10.7. The van der Waals surface area contributed by atoms with E-state index >= 15 is 0 Å². The molecule has 8 nitrogen and oxygen atoms in total. The van der Waals surface area contributed by atoms with Crippen molar-refractivity contribution >= 4 is 41.1 Å². The van der Waals surface area contributed by atoms with Crippen LogP contribution in [0.1, 0.15) is 0 Å². The topological polar surface area (TPSA) is 102 Å². The maximum atomic E-state index is 10.7. The Morgan fingerprint density at radius 3 is 0.647 bits per heavy atom. The van der Waals surface area contributed by atoms with Crippen LogP contribution in [0.3, 0.4) is 0 Å². The smallest absolute Gasteiger partial charge is 0.793 e. The molecule has 0 N–H and O–H groups in total. The molecule has 11 heteroatoms. The van der Waals surface area contributed by atoms with Gasteiger partial charge in [-0.15, -0.1) is 0 Å². The van der Waals surface area contributed by atoms with Crippen LogP contribution in [-0.2, 0) is 26.6 Å². The predicted octanol–water partition coefficient (Wildman–Crippen LogP) is -2.94. The molecule has 0 aromatic heterocycles. The molecule has 0 aliphatic rings. The summed E-state index contributed by atoms with van der Waals surface area (Å²) in [5, 5.41) is 0. The van der Waals surface area contributed by atoms with Crippen LogP contribution in [0, 0.1) is 0 Å². The van der Waals surface area contributed by atoms with E-state index in [9.17, 15) is 9.59 Å². The summed E-state index contributed by atoms with van der Waals surface area (Å²) < 4.78 is 26.2. The molecule has 0 aliphatic heterocycles. The van der Waals surface area contributed by atoms with Crippen molar-refractivity contribution in [2.75, 3.05) is 42.7 Å². The Bertz CT molecular complexity index is 132. The number of hydrogen-bond donors (Lipinski definition) is 0. The van der Waals surface area contributed by atoms with Crippen molar-refractivity contribution in [1.29, 1.82) is 0 Å². The van der Waals surface area contributed by atoms with E-state index in [0.29, 0.717) is 0 Å². The fourth-order valence-corrected chi connectivity index (χ4v) is 1.50. The van der Waals surface area contributed by atoms with Crippen LogP contribution in [0.4, 0.5) is 0 Å². The van der Waals surface area contributed by atoms with Crippen molar-refractivity contribution in [1.82, 2.24) is 0 Å². The largest absolute Gasteiger partial charge is 2.00 e. The molecular formula is C6H18MgO8Si2. The zero-order valence-electron chi connectivity index (χ0n) is 11.0. The summed E-state index contributed by atoms with van der Waals surface area (Å²) in [5.74, 6) is 0. The van der Waals surface area contributed by atoms with E-state index in [1.165, 1.54) is 42.7 Å². The second kappa shape index (κ2) is 11.9. The van der Waals surface area contributed by atoms with Crippen LogP contribution in [0.15, 0.2) is 0 Å². The summed E-state index contributed by atoms with van der Waals surface area (Å²) in [4.78, 5) is 21.4. The van der Waals surface area contributed by atoms with Gasteiger partial charge in [-0.1, -0.05) is 0 Å². The Morgan fingerprint density at radius 1 is 0.529 bits per heavy atom. The molecule has 0 aromatic rings. The molecule has 0 rings (SSSR count). The Labute approximate surface area is 120 Å². The molecule has 0 atom stereocenters. The maximum Gasteiger partial charge on any atom is 2.00 e. The molecule has 100 valence electrons. The Hall–Kier alpha value is 0.880. The van der Waals surface area contributed by atoms with Crippen LogP contribution in [-0.4, -0.2) is 83.8 Å². The summed E-state index contributed by atoms with van der Waals surface area (Å²) in [7, 11) is 0.778. The standard InChI is InChI=1S/2C3H9O4Si.Mg/c2*1-5-8(4,6-2)7-3;/h2*1-3H3;/q2*-1;+2. The van der Waals surface area contributed by atoms with Crippen molar-refractivity contribution in [3.05, 3.63) is 0 Å². The molecule has 0 heterocycles. The van der Waals surface area contributed by atoms with E-state index < -0.39 is 18.1 Å². The van der Waals surface area contributed by atoms with Crippen LogP contribution < -0.4 is 9.59 Å². The van der Waals surface area contributed by atoms with Gasteiger partial charge in [-0.25, -0.2) is 0 Å². The van der Waals surface area contributed by atoms with E-state index in [2.05, 4.69) is 26.6 Å². The first kappa shape index (κ1) is 23.0. The predicted molar refractivity (Wildman–Crippen MR) is 59.3 cm³/mol. The van der Waals surface area contributed by atoms with Gasteiger partial charge in [0.15, 0.2) is 0 Å². The van der Waals surface area contributed by atoms with Crippen LogP contribution in [0.2, 0.25) is 0 Å². The first-order valence-corrected chi connectivity index (χ1v) is 7.35. The van der Waals surface area contributed by atoms with Gasteiger partial charge in [0.1, 0.15) is 0 Å². The minimum absolute atomic E-state index is 0. The second-order valence-corrected chi connectivity index (χ2v) is 6.67. The summed E-state index contributed by atoms with van der Waals surface area (Å²) in [6, 6.07) is 0. The van der Waals surface area contributed by atoms with Gasteiger partial charge in [-0.2, -0.15) is 0 Å². The molecule has 0 unspecified atom stereocenters. The molecule has 0 spiro atoms. The van der Waals surface area contributed by atoms with Crippen molar-refractivity contribution in [3.63, 3.8) is 0 Å². The number of hydrogen-bond acceptors (Lipinski definition) is 8. The minimum atomic E-state index is -3.42. The van der Waals surface area contributed by atoms with Gasteiger partial charge in [0.2, 0.25) is 0 Å². The monoisotopic (exact) mass is 298 g/mol. The van der Waals surface area contributed by atoms with Crippen molar-refractivity contribution in [2.24, 2.45) is 0 Å². The summed E-state index contributed by atoms with van der Waals surface area (Å²) in [6.07, 6.45) is 0. The molecular weight excluding hydrogens is 281 g/mol. The van der Waals surface area contributed by atoms with Crippen LogP contribution in [0.5, 0.6) is 0 Å². The first-order chi connectivity index (χ1) is 7.36. The SMILES string of the molecule is CO[Si]([O-])(OC)OC.CO[Si]([O-])(OC)OC.[Mg+2]. The first-order valence-electron chi connectivity index (χ1n) is 4.08. The third-order valence-corrected chi connectivity index (χ3v) is 4.50. The minimum Gasteiger partial charge on any atom is -0.793 e. The molecule has 17 heavy (non-hydrogen) atoms.